The van der Waals surface area contributed by atoms with Gasteiger partial charge in [0, 0.05) is 16.8 Å². The van der Waals surface area contributed by atoms with Crippen LogP contribution in [0.15, 0.2) is 59.0 Å². The van der Waals surface area contributed by atoms with Crippen molar-refractivity contribution in [2.75, 3.05) is 12.1 Å². The third kappa shape index (κ3) is 4.00. The van der Waals surface area contributed by atoms with E-state index in [0.29, 0.717) is 39.7 Å². The van der Waals surface area contributed by atoms with Crippen LogP contribution in [0, 0.1) is 13.8 Å². The predicted molar refractivity (Wildman–Crippen MR) is 125 cm³/mol. The van der Waals surface area contributed by atoms with E-state index in [2.05, 4.69) is 21.7 Å². The maximum Gasteiger partial charge on any atom is 0.257 e. The van der Waals surface area contributed by atoms with Gasteiger partial charge in [-0.2, -0.15) is 0 Å². The van der Waals surface area contributed by atoms with Gasteiger partial charge in [-0.1, -0.05) is 17.2 Å². The van der Waals surface area contributed by atoms with E-state index in [4.69, 9.17) is 26.1 Å². The maximum atomic E-state index is 12.5. The Labute approximate surface area is 189 Å². The second-order valence-corrected chi connectivity index (χ2v) is 7.96. The van der Waals surface area contributed by atoms with E-state index in [9.17, 15) is 4.79 Å². The van der Waals surface area contributed by atoms with Gasteiger partial charge in [0.25, 0.3) is 5.91 Å². The van der Waals surface area contributed by atoms with E-state index in [0.717, 1.165) is 16.7 Å². The zero-order chi connectivity index (χ0) is 22.2. The number of benzene rings is 3. The van der Waals surface area contributed by atoms with Crippen molar-refractivity contribution in [3.63, 3.8) is 0 Å². The highest BCUT2D eigenvalue weighted by atomic mass is 32.1. The van der Waals surface area contributed by atoms with Crippen molar-refractivity contribution in [2.45, 2.75) is 13.8 Å². The van der Waals surface area contributed by atoms with E-state index in [-0.39, 0.29) is 17.8 Å². The van der Waals surface area contributed by atoms with Crippen LogP contribution in [-0.2, 0) is 0 Å². The van der Waals surface area contributed by atoms with Gasteiger partial charge in [-0.05, 0) is 74.6 Å². The van der Waals surface area contributed by atoms with Crippen molar-refractivity contribution < 1.29 is 18.7 Å². The summed E-state index contributed by atoms with van der Waals surface area (Å²) in [6, 6.07) is 16.6. The summed E-state index contributed by atoms with van der Waals surface area (Å²) in [7, 11) is 0. The molecule has 0 bridgehead atoms. The zero-order valence-corrected chi connectivity index (χ0v) is 18.2. The molecule has 160 valence electrons. The molecule has 0 saturated heterocycles. The van der Waals surface area contributed by atoms with Crippen LogP contribution in [0.5, 0.6) is 11.5 Å². The van der Waals surface area contributed by atoms with Gasteiger partial charge in [-0.3, -0.25) is 10.1 Å². The van der Waals surface area contributed by atoms with Crippen molar-refractivity contribution in [3.8, 4) is 23.0 Å². The first-order valence-corrected chi connectivity index (χ1v) is 10.4. The van der Waals surface area contributed by atoms with Crippen molar-refractivity contribution >= 4 is 40.0 Å². The number of oxazole rings is 1. The third-order valence-corrected chi connectivity index (χ3v) is 5.18. The molecule has 0 fully saturated rings. The normalized spacial score (nSPS) is 12.1. The Kier molecular flexibility index (Phi) is 4.99. The second-order valence-electron chi connectivity index (χ2n) is 7.55. The number of ether oxygens (including phenoxy) is 2. The largest absolute Gasteiger partial charge is 0.454 e. The summed E-state index contributed by atoms with van der Waals surface area (Å²) in [6.45, 7) is 4.23. The minimum absolute atomic E-state index is 0.149. The van der Waals surface area contributed by atoms with Crippen LogP contribution < -0.4 is 20.1 Å². The average molecular weight is 446 g/mol. The zero-order valence-electron chi connectivity index (χ0n) is 17.4. The molecule has 0 saturated carbocycles. The Hall–Kier alpha value is -3.91. The number of hydrogen-bond donors (Lipinski definition) is 2. The maximum absolute atomic E-state index is 12.5. The van der Waals surface area contributed by atoms with Gasteiger partial charge in [0.1, 0.15) is 5.52 Å². The molecular formula is C24H19N3O4S. The van der Waals surface area contributed by atoms with Crippen molar-refractivity contribution in [1.82, 2.24) is 10.3 Å². The summed E-state index contributed by atoms with van der Waals surface area (Å²) in [5.74, 6) is 1.36. The molecule has 0 aliphatic carbocycles. The molecule has 0 unspecified atom stereocenters. The number of hydrogen-bond acceptors (Lipinski definition) is 6. The lowest BCUT2D eigenvalue weighted by atomic mass is 10.1. The van der Waals surface area contributed by atoms with Gasteiger partial charge in [0.2, 0.25) is 12.7 Å². The second kappa shape index (κ2) is 7.97. The minimum Gasteiger partial charge on any atom is -0.454 e. The summed E-state index contributed by atoms with van der Waals surface area (Å²) in [4.78, 5) is 17.1. The van der Waals surface area contributed by atoms with Crippen LogP contribution >= 0.6 is 12.2 Å². The highest BCUT2D eigenvalue weighted by Crippen LogP contribution is 2.32. The predicted octanol–water partition coefficient (Wildman–Crippen LogP) is 4.97. The topological polar surface area (TPSA) is 85.6 Å². The number of aromatic nitrogens is 1. The number of rotatable bonds is 3. The molecule has 0 atom stereocenters. The van der Waals surface area contributed by atoms with E-state index < -0.39 is 0 Å². The van der Waals surface area contributed by atoms with Crippen LogP contribution in [0.4, 0.5) is 5.69 Å². The molecule has 0 spiro atoms. The molecule has 3 aromatic carbocycles. The molecule has 0 radical (unpaired) electrons. The van der Waals surface area contributed by atoms with Crippen molar-refractivity contribution in [2.24, 2.45) is 0 Å². The highest BCUT2D eigenvalue weighted by molar-refractivity contribution is 7.80. The molecule has 4 aromatic rings. The van der Waals surface area contributed by atoms with Crippen LogP contribution in [0.2, 0.25) is 0 Å². The molecule has 2 N–H and O–H groups in total. The first kappa shape index (κ1) is 20.0. The number of anilines is 1. The Morgan fingerprint density at radius 3 is 2.56 bits per heavy atom. The molecular weight excluding hydrogens is 426 g/mol. The third-order valence-electron chi connectivity index (χ3n) is 4.98. The highest BCUT2D eigenvalue weighted by Gasteiger charge is 2.17. The summed E-state index contributed by atoms with van der Waals surface area (Å²) in [5, 5.41) is 5.86. The number of nitrogens with zero attached hydrogens (tertiary/aromatic N) is 1. The lowest BCUT2D eigenvalue weighted by molar-refractivity contribution is 0.0977. The van der Waals surface area contributed by atoms with Crippen LogP contribution in [0.1, 0.15) is 21.5 Å². The van der Waals surface area contributed by atoms with Crippen LogP contribution in [0.25, 0.3) is 22.6 Å². The standard InChI is InChI=1S/C24H19N3O4S/c1-13-7-14(2)9-16(8-13)23-26-18-11-17(4-6-19(18)31-23)25-24(32)27-22(28)15-3-5-20-21(10-15)30-12-29-20/h3-11H,12H2,1-2H3,(H2,25,27,28,32). The number of carbonyl (C=O) groups excluding carboxylic acids is 1. The van der Waals surface area contributed by atoms with Gasteiger partial charge in [-0.15, -0.1) is 0 Å². The van der Waals surface area contributed by atoms with Crippen molar-refractivity contribution in [3.05, 3.63) is 71.3 Å². The Morgan fingerprint density at radius 1 is 0.969 bits per heavy atom. The van der Waals surface area contributed by atoms with Crippen LogP contribution in [0.3, 0.4) is 0 Å². The van der Waals surface area contributed by atoms with Gasteiger partial charge in [0.05, 0.1) is 0 Å². The van der Waals surface area contributed by atoms with Gasteiger partial charge >= 0.3 is 0 Å². The fourth-order valence-corrected chi connectivity index (χ4v) is 3.81. The number of nitrogens with one attached hydrogen (secondary N) is 2. The molecule has 5 rings (SSSR count). The first-order chi connectivity index (χ1) is 15.4. The summed E-state index contributed by atoms with van der Waals surface area (Å²) in [5.41, 5.74) is 5.69. The fraction of sp³-hybridized carbons (Fsp3) is 0.125. The molecule has 8 heteroatoms. The Balaban J connectivity index is 1.30. The molecule has 1 amide bonds. The van der Waals surface area contributed by atoms with E-state index in [1.165, 1.54) is 0 Å². The summed E-state index contributed by atoms with van der Waals surface area (Å²) < 4.78 is 16.5. The number of amides is 1. The average Bonchev–Trinajstić information content (AvgIpc) is 3.38. The van der Waals surface area contributed by atoms with E-state index in [1.54, 1.807) is 18.2 Å². The Bertz CT molecular complexity index is 1360. The molecule has 2 heterocycles. The molecule has 32 heavy (non-hydrogen) atoms. The lowest BCUT2D eigenvalue weighted by Gasteiger charge is -2.09. The molecule has 1 aromatic heterocycles. The summed E-state index contributed by atoms with van der Waals surface area (Å²) in [6.07, 6.45) is 0. The van der Waals surface area contributed by atoms with E-state index in [1.807, 2.05) is 44.2 Å². The molecule has 1 aliphatic heterocycles. The minimum atomic E-state index is -0.347. The number of aryl methyl sites for hydroxylation is 2. The quantitative estimate of drug-likeness (QED) is 0.431. The first-order valence-electron chi connectivity index (χ1n) is 9.96. The number of fused-ring (bicyclic) bond motifs is 2. The number of thiocarbonyl (C=S) groups is 1. The molecule has 1 aliphatic rings. The molecule has 7 nitrogen and oxygen atoms in total. The summed E-state index contributed by atoms with van der Waals surface area (Å²) >= 11 is 5.30. The Morgan fingerprint density at radius 2 is 1.75 bits per heavy atom. The fourth-order valence-electron chi connectivity index (χ4n) is 3.60. The SMILES string of the molecule is Cc1cc(C)cc(-c2nc3cc(NC(=S)NC(=O)c4ccc5c(c4)OCO5)ccc3o2)c1. The smallest absolute Gasteiger partial charge is 0.257 e. The monoisotopic (exact) mass is 445 g/mol. The van der Waals surface area contributed by atoms with Crippen LogP contribution in [-0.4, -0.2) is 22.8 Å². The lowest BCUT2D eigenvalue weighted by Crippen LogP contribution is -2.34. The van der Waals surface area contributed by atoms with Gasteiger partial charge in [-0.25, -0.2) is 4.98 Å². The van der Waals surface area contributed by atoms with E-state index >= 15 is 0 Å². The van der Waals surface area contributed by atoms with Gasteiger partial charge < -0.3 is 19.2 Å². The number of carbonyl (C=O) groups is 1. The van der Waals surface area contributed by atoms with Gasteiger partial charge in [0.15, 0.2) is 22.2 Å². The van der Waals surface area contributed by atoms with Crippen molar-refractivity contribution in [1.29, 1.82) is 0 Å².